The number of pyridine rings is 1. The highest BCUT2D eigenvalue weighted by atomic mass is 35.5. The van der Waals surface area contributed by atoms with E-state index in [4.69, 9.17) is 11.6 Å². The second kappa shape index (κ2) is 5.59. The van der Waals surface area contributed by atoms with Crippen molar-refractivity contribution in [1.82, 2.24) is 4.98 Å². The number of sulfonamides is 1. The van der Waals surface area contributed by atoms with Crippen molar-refractivity contribution in [3.8, 4) is 0 Å². The number of nitrogens with zero attached hydrogens (tertiary/aromatic N) is 1. The van der Waals surface area contributed by atoms with E-state index in [2.05, 4.69) is 9.71 Å². The number of halogens is 1. The molecule has 0 radical (unpaired) electrons. The minimum atomic E-state index is -3.72. The molecule has 0 amide bonds. The summed E-state index contributed by atoms with van der Waals surface area (Å²) in [5.41, 5.74) is 1.48. The zero-order valence-corrected chi connectivity index (χ0v) is 11.9. The molecule has 6 heteroatoms. The van der Waals surface area contributed by atoms with Crippen LogP contribution in [0.2, 0.25) is 5.02 Å². The van der Waals surface area contributed by atoms with Gasteiger partial charge < -0.3 is 0 Å². The Kier molecular flexibility index (Phi) is 4.07. The lowest BCUT2D eigenvalue weighted by atomic mass is 10.1. The van der Waals surface area contributed by atoms with E-state index in [0.29, 0.717) is 5.69 Å². The Balaban J connectivity index is 2.40. The lowest BCUT2D eigenvalue weighted by molar-refractivity contribution is 0.601. The zero-order chi connectivity index (χ0) is 13.9. The first-order valence-electron chi connectivity index (χ1n) is 5.75. The van der Waals surface area contributed by atoms with Crippen molar-refractivity contribution in [2.45, 2.75) is 18.2 Å². The highest BCUT2D eigenvalue weighted by molar-refractivity contribution is 7.92. The van der Waals surface area contributed by atoms with Crippen molar-refractivity contribution < 1.29 is 8.42 Å². The van der Waals surface area contributed by atoms with Gasteiger partial charge in [0.25, 0.3) is 10.0 Å². The first-order chi connectivity index (χ1) is 9.04. The first kappa shape index (κ1) is 13.8. The summed E-state index contributed by atoms with van der Waals surface area (Å²) < 4.78 is 27.1. The van der Waals surface area contributed by atoms with Crippen LogP contribution in [0.3, 0.4) is 0 Å². The van der Waals surface area contributed by atoms with Crippen LogP contribution in [-0.4, -0.2) is 13.4 Å². The molecule has 1 aromatic carbocycles. The lowest BCUT2D eigenvalue weighted by Crippen LogP contribution is -2.14. The molecular formula is C13H13ClN2O2S. The molecular weight excluding hydrogens is 284 g/mol. The summed E-state index contributed by atoms with van der Waals surface area (Å²) in [6.07, 6.45) is 3.42. The molecule has 0 saturated heterocycles. The molecule has 0 bridgehead atoms. The highest BCUT2D eigenvalue weighted by Crippen LogP contribution is 2.24. The maximum atomic E-state index is 12.3. The van der Waals surface area contributed by atoms with Crippen LogP contribution in [0.25, 0.3) is 0 Å². The van der Waals surface area contributed by atoms with E-state index in [-0.39, 0.29) is 9.92 Å². The van der Waals surface area contributed by atoms with Crippen molar-refractivity contribution in [1.29, 1.82) is 0 Å². The number of para-hydroxylation sites is 1. The smallest absolute Gasteiger partial charge is 0.264 e. The molecule has 1 N–H and O–H groups in total. The highest BCUT2D eigenvalue weighted by Gasteiger charge is 2.18. The van der Waals surface area contributed by atoms with Gasteiger partial charge in [-0.1, -0.05) is 36.7 Å². The van der Waals surface area contributed by atoms with Gasteiger partial charge in [-0.25, -0.2) is 8.42 Å². The predicted octanol–water partition coefficient (Wildman–Crippen LogP) is 3.10. The van der Waals surface area contributed by atoms with Crippen LogP contribution in [0.4, 0.5) is 5.69 Å². The van der Waals surface area contributed by atoms with Gasteiger partial charge in [0.05, 0.1) is 10.7 Å². The molecule has 0 unspecified atom stereocenters. The molecule has 1 aromatic heterocycles. The topological polar surface area (TPSA) is 59.1 Å². The largest absolute Gasteiger partial charge is 0.279 e. The Morgan fingerprint density at radius 2 is 2.00 bits per heavy atom. The number of hydrogen-bond donors (Lipinski definition) is 1. The third-order valence-corrected chi connectivity index (χ3v) is 4.50. The Morgan fingerprint density at radius 1 is 1.26 bits per heavy atom. The van der Waals surface area contributed by atoms with Crippen molar-refractivity contribution in [3.05, 3.63) is 53.3 Å². The Hall–Kier alpha value is -1.59. The average Bonchev–Trinajstić information content (AvgIpc) is 2.39. The maximum absolute atomic E-state index is 12.3. The average molecular weight is 297 g/mol. The van der Waals surface area contributed by atoms with Crippen molar-refractivity contribution in [3.63, 3.8) is 0 Å². The summed E-state index contributed by atoms with van der Waals surface area (Å²) in [5, 5.41) is 0.150. The van der Waals surface area contributed by atoms with Gasteiger partial charge in [0.1, 0.15) is 4.90 Å². The molecule has 2 aromatic rings. The third-order valence-electron chi connectivity index (χ3n) is 2.67. The molecule has 0 saturated carbocycles. The van der Waals surface area contributed by atoms with Gasteiger partial charge in [0.15, 0.2) is 0 Å². The second-order valence-corrected chi connectivity index (χ2v) is 5.98. The van der Waals surface area contributed by atoms with Gasteiger partial charge in [-0.15, -0.1) is 0 Å². The molecule has 1 heterocycles. The standard InChI is InChI=1S/C13H13ClN2O2S/c1-2-10-5-3-4-6-12(10)16-19(17,18)13-9-15-8-7-11(13)14/h3-9,16H,2H2,1H3. The van der Waals surface area contributed by atoms with Gasteiger partial charge in [0.2, 0.25) is 0 Å². The number of nitrogens with one attached hydrogen (secondary N) is 1. The van der Waals surface area contributed by atoms with Crippen LogP contribution in [0.5, 0.6) is 0 Å². The van der Waals surface area contributed by atoms with E-state index in [1.54, 1.807) is 12.1 Å². The van der Waals surface area contributed by atoms with E-state index in [1.807, 2.05) is 19.1 Å². The summed E-state index contributed by atoms with van der Waals surface area (Å²) in [5.74, 6) is 0. The second-order valence-electron chi connectivity index (χ2n) is 3.92. The molecule has 0 spiro atoms. The summed E-state index contributed by atoms with van der Waals surface area (Å²) in [4.78, 5) is 3.77. The van der Waals surface area contributed by atoms with E-state index in [0.717, 1.165) is 12.0 Å². The molecule has 0 fully saturated rings. The van der Waals surface area contributed by atoms with Crippen molar-refractivity contribution in [2.75, 3.05) is 4.72 Å². The molecule has 19 heavy (non-hydrogen) atoms. The minimum Gasteiger partial charge on any atom is -0.279 e. The zero-order valence-electron chi connectivity index (χ0n) is 10.3. The summed E-state index contributed by atoms with van der Waals surface area (Å²) in [6, 6.07) is 8.70. The number of benzene rings is 1. The van der Waals surface area contributed by atoms with Crippen LogP contribution in [0.1, 0.15) is 12.5 Å². The van der Waals surface area contributed by atoms with Gasteiger partial charge in [-0.2, -0.15) is 0 Å². The monoisotopic (exact) mass is 296 g/mol. The minimum absolute atomic E-state index is 0.0254. The van der Waals surface area contributed by atoms with E-state index in [1.165, 1.54) is 18.5 Å². The fourth-order valence-electron chi connectivity index (χ4n) is 1.69. The maximum Gasteiger partial charge on any atom is 0.264 e. The molecule has 100 valence electrons. The summed E-state index contributed by atoms with van der Waals surface area (Å²) >= 11 is 5.89. The van der Waals surface area contributed by atoms with Gasteiger partial charge in [0, 0.05) is 12.4 Å². The molecule has 0 atom stereocenters. The lowest BCUT2D eigenvalue weighted by Gasteiger charge is -2.12. The van der Waals surface area contributed by atoms with Crippen LogP contribution in [0, 0.1) is 0 Å². The van der Waals surface area contributed by atoms with Crippen LogP contribution in [0.15, 0.2) is 47.6 Å². The number of aromatic nitrogens is 1. The van der Waals surface area contributed by atoms with Gasteiger partial charge in [-0.05, 0) is 24.1 Å². The number of rotatable bonds is 4. The molecule has 2 rings (SSSR count). The van der Waals surface area contributed by atoms with Crippen LogP contribution >= 0.6 is 11.6 Å². The molecule has 0 aliphatic carbocycles. The SMILES string of the molecule is CCc1ccccc1NS(=O)(=O)c1cnccc1Cl. The van der Waals surface area contributed by atoms with Gasteiger partial charge >= 0.3 is 0 Å². The van der Waals surface area contributed by atoms with Crippen LogP contribution < -0.4 is 4.72 Å². The molecule has 0 aliphatic heterocycles. The fourth-order valence-corrected chi connectivity index (χ4v) is 3.22. The number of anilines is 1. The number of aryl methyl sites for hydroxylation is 1. The molecule has 0 aliphatic rings. The van der Waals surface area contributed by atoms with E-state index < -0.39 is 10.0 Å². The Morgan fingerprint density at radius 3 is 2.68 bits per heavy atom. The summed E-state index contributed by atoms with van der Waals surface area (Å²) in [6.45, 7) is 1.96. The fraction of sp³-hybridized carbons (Fsp3) is 0.154. The molecule has 4 nitrogen and oxygen atoms in total. The summed E-state index contributed by atoms with van der Waals surface area (Å²) in [7, 11) is -3.72. The first-order valence-corrected chi connectivity index (χ1v) is 7.61. The third kappa shape index (κ3) is 3.05. The van der Waals surface area contributed by atoms with Crippen LogP contribution in [-0.2, 0) is 16.4 Å². The Labute approximate surface area is 117 Å². The van der Waals surface area contributed by atoms with Crippen molar-refractivity contribution in [2.24, 2.45) is 0 Å². The van der Waals surface area contributed by atoms with E-state index in [9.17, 15) is 8.42 Å². The van der Waals surface area contributed by atoms with Crippen molar-refractivity contribution >= 4 is 27.3 Å². The Bertz CT molecular complexity index is 687. The normalized spacial score (nSPS) is 11.3. The van der Waals surface area contributed by atoms with E-state index >= 15 is 0 Å². The number of hydrogen-bond acceptors (Lipinski definition) is 3. The quantitative estimate of drug-likeness (QED) is 0.943. The van der Waals surface area contributed by atoms with Gasteiger partial charge in [-0.3, -0.25) is 9.71 Å². The predicted molar refractivity (Wildman–Crippen MR) is 75.9 cm³/mol.